The lowest BCUT2D eigenvalue weighted by Crippen LogP contribution is -2.25. The zero-order chi connectivity index (χ0) is 11.2. The molecule has 0 aromatic heterocycles. The summed E-state index contributed by atoms with van der Waals surface area (Å²) in [5, 5.41) is 0. The summed E-state index contributed by atoms with van der Waals surface area (Å²) in [7, 11) is 0. The minimum atomic E-state index is 0.342. The lowest BCUT2D eigenvalue weighted by atomic mass is 10.0. The van der Waals surface area contributed by atoms with Crippen LogP contribution in [0, 0.1) is 11.8 Å². The molecule has 3 fully saturated rings. The second kappa shape index (κ2) is 3.97. The molecule has 94 valence electrons. The second-order valence-corrected chi connectivity index (χ2v) is 5.50. The molecule has 5 unspecified atom stereocenters. The largest absolute Gasteiger partial charge is 0.495 e. The number of allylic oxidation sites excluding steroid dienone is 1. The molecule has 17 heavy (non-hydrogen) atoms. The van der Waals surface area contributed by atoms with Crippen molar-refractivity contribution in [1.29, 1.82) is 0 Å². The summed E-state index contributed by atoms with van der Waals surface area (Å²) < 4.78 is 22.1. The molecule has 0 aromatic rings. The van der Waals surface area contributed by atoms with E-state index in [1.807, 2.05) is 0 Å². The first-order valence-corrected chi connectivity index (χ1v) is 6.58. The Kier molecular flexibility index (Phi) is 2.42. The van der Waals surface area contributed by atoms with E-state index < -0.39 is 0 Å². The van der Waals surface area contributed by atoms with Crippen molar-refractivity contribution >= 4 is 0 Å². The van der Waals surface area contributed by atoms with Gasteiger partial charge < -0.3 is 18.9 Å². The average molecular weight is 238 g/mol. The van der Waals surface area contributed by atoms with Crippen LogP contribution in [-0.4, -0.2) is 44.7 Å². The molecule has 5 atom stereocenters. The van der Waals surface area contributed by atoms with Gasteiger partial charge >= 0.3 is 0 Å². The van der Waals surface area contributed by atoms with Gasteiger partial charge in [-0.1, -0.05) is 0 Å². The van der Waals surface area contributed by atoms with Gasteiger partial charge in [0, 0.05) is 5.92 Å². The van der Waals surface area contributed by atoms with E-state index in [1.54, 1.807) is 0 Å². The zero-order valence-electron chi connectivity index (χ0n) is 9.84. The Morgan fingerprint density at radius 3 is 2.59 bits per heavy atom. The number of epoxide rings is 2. The quantitative estimate of drug-likeness (QED) is 0.650. The first kappa shape index (κ1) is 10.4. The summed E-state index contributed by atoms with van der Waals surface area (Å²) in [5.41, 5.74) is 0. The van der Waals surface area contributed by atoms with E-state index in [4.69, 9.17) is 18.9 Å². The highest BCUT2D eigenvalue weighted by Crippen LogP contribution is 2.46. The highest BCUT2D eigenvalue weighted by Gasteiger charge is 2.44. The van der Waals surface area contributed by atoms with Crippen LogP contribution in [0.15, 0.2) is 11.8 Å². The zero-order valence-corrected chi connectivity index (χ0v) is 9.84. The first-order chi connectivity index (χ1) is 8.38. The molecule has 2 saturated heterocycles. The van der Waals surface area contributed by atoms with Crippen molar-refractivity contribution in [3.63, 3.8) is 0 Å². The normalized spacial score (nSPS) is 45.9. The fourth-order valence-corrected chi connectivity index (χ4v) is 2.92. The van der Waals surface area contributed by atoms with Gasteiger partial charge in [0.05, 0.1) is 31.7 Å². The molecule has 0 amide bonds. The lowest BCUT2D eigenvalue weighted by molar-refractivity contribution is 0.00669. The molecule has 4 aliphatic rings. The first-order valence-electron chi connectivity index (χ1n) is 6.58. The summed E-state index contributed by atoms with van der Waals surface area (Å²) in [4.78, 5) is 0. The van der Waals surface area contributed by atoms with Gasteiger partial charge in [-0.3, -0.25) is 0 Å². The third-order valence-corrected chi connectivity index (χ3v) is 4.04. The topological polar surface area (TPSA) is 43.5 Å². The highest BCUT2D eigenvalue weighted by atomic mass is 16.6. The van der Waals surface area contributed by atoms with Crippen LogP contribution < -0.4 is 0 Å². The summed E-state index contributed by atoms with van der Waals surface area (Å²) in [6.45, 7) is 3.21. The Morgan fingerprint density at radius 2 is 1.88 bits per heavy atom. The van der Waals surface area contributed by atoms with Gasteiger partial charge in [0.15, 0.2) is 0 Å². The van der Waals surface area contributed by atoms with Crippen molar-refractivity contribution in [2.75, 3.05) is 26.4 Å². The van der Waals surface area contributed by atoms with Crippen LogP contribution in [0.4, 0.5) is 0 Å². The Bertz CT molecular complexity index is 332. The van der Waals surface area contributed by atoms with Crippen LogP contribution in [0.1, 0.15) is 12.8 Å². The van der Waals surface area contributed by atoms with Crippen molar-refractivity contribution in [3.8, 4) is 0 Å². The molecular formula is C13H18O4. The van der Waals surface area contributed by atoms with E-state index >= 15 is 0 Å². The van der Waals surface area contributed by atoms with Crippen LogP contribution in [0.2, 0.25) is 0 Å². The van der Waals surface area contributed by atoms with E-state index in [0.29, 0.717) is 36.8 Å². The van der Waals surface area contributed by atoms with E-state index in [9.17, 15) is 0 Å². The molecule has 1 saturated carbocycles. The van der Waals surface area contributed by atoms with E-state index in [1.165, 1.54) is 6.42 Å². The molecule has 2 bridgehead atoms. The van der Waals surface area contributed by atoms with Gasteiger partial charge in [0.1, 0.15) is 18.8 Å². The molecule has 0 radical (unpaired) electrons. The van der Waals surface area contributed by atoms with Crippen LogP contribution in [0.25, 0.3) is 0 Å². The Morgan fingerprint density at radius 1 is 1.12 bits per heavy atom. The predicted molar refractivity (Wildman–Crippen MR) is 59.5 cm³/mol. The SMILES string of the molecule is C1=C(OCC2CO2)C2CC1CC2OCC1CO1. The molecule has 0 spiro atoms. The van der Waals surface area contributed by atoms with Crippen LogP contribution in [0.5, 0.6) is 0 Å². The van der Waals surface area contributed by atoms with Gasteiger partial charge in [-0.2, -0.15) is 0 Å². The van der Waals surface area contributed by atoms with Crippen molar-refractivity contribution in [3.05, 3.63) is 11.8 Å². The molecule has 2 heterocycles. The van der Waals surface area contributed by atoms with Gasteiger partial charge in [-0.25, -0.2) is 0 Å². The average Bonchev–Trinajstić information content (AvgIpc) is 3.25. The van der Waals surface area contributed by atoms with Gasteiger partial charge in [-0.05, 0) is 24.8 Å². The molecule has 4 nitrogen and oxygen atoms in total. The number of hydrogen-bond acceptors (Lipinski definition) is 4. The van der Waals surface area contributed by atoms with Gasteiger partial charge in [0.2, 0.25) is 0 Å². The minimum Gasteiger partial charge on any atom is -0.495 e. The van der Waals surface area contributed by atoms with Crippen molar-refractivity contribution < 1.29 is 18.9 Å². The maximum atomic E-state index is 5.94. The molecule has 0 N–H and O–H groups in total. The third-order valence-electron chi connectivity index (χ3n) is 4.04. The predicted octanol–water partition coefficient (Wildman–Crippen LogP) is 1.11. The molecule has 0 aromatic carbocycles. The Labute approximate surface area is 101 Å². The monoisotopic (exact) mass is 238 g/mol. The molecule has 4 rings (SSSR count). The number of rotatable bonds is 6. The summed E-state index contributed by atoms with van der Waals surface area (Å²) >= 11 is 0. The smallest absolute Gasteiger partial charge is 0.116 e. The fourth-order valence-electron chi connectivity index (χ4n) is 2.92. The maximum Gasteiger partial charge on any atom is 0.116 e. The maximum absolute atomic E-state index is 5.94. The molecular weight excluding hydrogens is 220 g/mol. The number of hydrogen-bond donors (Lipinski definition) is 0. The van der Waals surface area contributed by atoms with E-state index in [-0.39, 0.29) is 0 Å². The highest BCUT2D eigenvalue weighted by molar-refractivity contribution is 5.17. The Balaban J connectivity index is 1.31. The van der Waals surface area contributed by atoms with Crippen molar-refractivity contribution in [2.45, 2.75) is 31.2 Å². The van der Waals surface area contributed by atoms with E-state index in [2.05, 4.69) is 6.08 Å². The summed E-state index contributed by atoms with van der Waals surface area (Å²) in [6.07, 6.45) is 5.71. The molecule has 4 heteroatoms. The van der Waals surface area contributed by atoms with Gasteiger partial charge in [-0.15, -0.1) is 0 Å². The number of ether oxygens (including phenoxy) is 4. The second-order valence-electron chi connectivity index (χ2n) is 5.50. The third kappa shape index (κ3) is 2.21. The lowest BCUT2D eigenvalue weighted by Gasteiger charge is -2.23. The van der Waals surface area contributed by atoms with Crippen LogP contribution >= 0.6 is 0 Å². The minimum absolute atomic E-state index is 0.342. The van der Waals surface area contributed by atoms with Crippen molar-refractivity contribution in [2.24, 2.45) is 11.8 Å². The van der Waals surface area contributed by atoms with E-state index in [0.717, 1.165) is 32.0 Å². The Hall–Kier alpha value is -0.580. The van der Waals surface area contributed by atoms with Gasteiger partial charge in [0.25, 0.3) is 0 Å². The summed E-state index contributed by atoms with van der Waals surface area (Å²) in [5.74, 6) is 2.30. The standard InChI is InChI=1S/C13H18O4/c1-8-2-12(16-6-9-4-14-9)11(1)13(3-8)17-7-10-5-15-10/h2,8-11,13H,1,3-7H2. The van der Waals surface area contributed by atoms with Crippen LogP contribution in [-0.2, 0) is 18.9 Å². The molecule has 2 aliphatic heterocycles. The van der Waals surface area contributed by atoms with Crippen molar-refractivity contribution in [1.82, 2.24) is 0 Å². The molecule has 2 aliphatic carbocycles. The van der Waals surface area contributed by atoms with Crippen LogP contribution in [0.3, 0.4) is 0 Å². The number of fused-ring (bicyclic) bond motifs is 2. The fraction of sp³-hybridized carbons (Fsp3) is 0.846. The summed E-state index contributed by atoms with van der Waals surface area (Å²) in [6, 6.07) is 0.